The van der Waals surface area contributed by atoms with Gasteiger partial charge in [-0.3, -0.25) is 4.40 Å². The van der Waals surface area contributed by atoms with Crippen molar-refractivity contribution >= 4 is 17.4 Å². The van der Waals surface area contributed by atoms with Gasteiger partial charge < -0.3 is 4.74 Å². The van der Waals surface area contributed by atoms with Crippen molar-refractivity contribution in [3.63, 3.8) is 0 Å². The smallest absolute Gasteiger partial charge is 0.195 e. The summed E-state index contributed by atoms with van der Waals surface area (Å²) < 4.78 is 9.23. The predicted molar refractivity (Wildman–Crippen MR) is 118 cm³/mol. The van der Waals surface area contributed by atoms with Crippen molar-refractivity contribution < 1.29 is 4.74 Å². The molecular formula is C23H19N5OS. The Balaban J connectivity index is 1.51. The molecule has 0 amide bonds. The second-order valence-electron chi connectivity index (χ2n) is 6.71. The molecule has 0 radical (unpaired) electrons. The van der Waals surface area contributed by atoms with E-state index in [1.807, 2.05) is 88.1 Å². The third-order valence-electron chi connectivity index (χ3n) is 4.81. The fraction of sp³-hybridized carbons (Fsp3) is 0.0870. The Kier molecular flexibility index (Phi) is 4.94. The fourth-order valence-corrected chi connectivity index (χ4v) is 4.17. The third-order valence-corrected chi connectivity index (χ3v) is 5.81. The van der Waals surface area contributed by atoms with Gasteiger partial charge in [0.15, 0.2) is 10.8 Å². The van der Waals surface area contributed by atoms with Gasteiger partial charge in [0.05, 0.1) is 18.5 Å². The van der Waals surface area contributed by atoms with E-state index in [1.165, 1.54) is 0 Å². The number of methoxy groups -OCH3 is 1. The zero-order valence-electron chi connectivity index (χ0n) is 16.3. The standard InChI is InChI=1S/C23H19N5OS/c1-29-20-12-10-17(11-13-20)22-18(15-28(26-22)19-7-3-2-4-8-19)16-30-23-25-24-21-9-5-6-14-27(21)23/h2-15H,16H2,1H3. The summed E-state index contributed by atoms with van der Waals surface area (Å²) in [5, 5.41) is 14.3. The number of benzene rings is 2. The number of pyridine rings is 1. The number of nitrogens with zero attached hydrogens (tertiary/aromatic N) is 5. The molecule has 0 N–H and O–H groups in total. The first-order chi connectivity index (χ1) is 14.8. The molecule has 0 aliphatic rings. The quantitative estimate of drug-likeness (QED) is 0.371. The van der Waals surface area contributed by atoms with Crippen LogP contribution in [-0.2, 0) is 5.75 Å². The van der Waals surface area contributed by atoms with Crippen LogP contribution in [0.1, 0.15) is 5.56 Å². The first kappa shape index (κ1) is 18.4. The Bertz CT molecular complexity index is 1280. The number of ether oxygens (including phenoxy) is 1. The van der Waals surface area contributed by atoms with Crippen LogP contribution in [0.3, 0.4) is 0 Å². The molecule has 0 atom stereocenters. The summed E-state index contributed by atoms with van der Waals surface area (Å²) in [5.41, 5.74) is 4.99. The van der Waals surface area contributed by atoms with Crippen LogP contribution in [0.4, 0.5) is 0 Å². The first-order valence-corrected chi connectivity index (χ1v) is 10.5. The van der Waals surface area contributed by atoms with E-state index in [-0.39, 0.29) is 0 Å². The molecule has 148 valence electrons. The average Bonchev–Trinajstić information content (AvgIpc) is 3.43. The van der Waals surface area contributed by atoms with E-state index >= 15 is 0 Å². The molecule has 7 heteroatoms. The van der Waals surface area contributed by atoms with Gasteiger partial charge in [0.1, 0.15) is 5.75 Å². The lowest BCUT2D eigenvalue weighted by Gasteiger charge is -2.04. The maximum absolute atomic E-state index is 5.30. The van der Waals surface area contributed by atoms with Gasteiger partial charge in [-0.25, -0.2) is 4.68 Å². The topological polar surface area (TPSA) is 57.2 Å². The zero-order chi connectivity index (χ0) is 20.3. The molecule has 0 saturated carbocycles. The van der Waals surface area contributed by atoms with Crippen LogP contribution in [0.15, 0.2) is 90.3 Å². The number of fused-ring (bicyclic) bond motifs is 1. The molecule has 3 heterocycles. The molecule has 2 aromatic carbocycles. The lowest BCUT2D eigenvalue weighted by molar-refractivity contribution is 0.415. The molecule has 0 aliphatic heterocycles. The minimum atomic E-state index is 0.726. The van der Waals surface area contributed by atoms with Gasteiger partial charge in [0.2, 0.25) is 0 Å². The molecule has 0 unspecified atom stereocenters. The van der Waals surface area contributed by atoms with Crippen molar-refractivity contribution in [2.45, 2.75) is 10.9 Å². The second kappa shape index (κ2) is 8.04. The Morgan fingerprint density at radius 2 is 1.70 bits per heavy atom. The molecule has 0 spiro atoms. The normalized spacial score (nSPS) is 11.1. The van der Waals surface area contributed by atoms with Crippen LogP contribution < -0.4 is 4.74 Å². The number of thioether (sulfide) groups is 1. The molecule has 30 heavy (non-hydrogen) atoms. The van der Waals surface area contributed by atoms with E-state index in [1.54, 1.807) is 18.9 Å². The van der Waals surface area contributed by atoms with Crippen LogP contribution in [0.25, 0.3) is 22.6 Å². The van der Waals surface area contributed by atoms with E-state index in [0.29, 0.717) is 0 Å². The van der Waals surface area contributed by atoms with Gasteiger partial charge in [-0.05, 0) is 48.5 Å². The van der Waals surface area contributed by atoms with Gasteiger partial charge in [-0.1, -0.05) is 36.0 Å². The number of hydrogen-bond acceptors (Lipinski definition) is 5. The Hall–Kier alpha value is -3.58. The molecule has 6 nitrogen and oxygen atoms in total. The minimum Gasteiger partial charge on any atom is -0.497 e. The molecule has 0 fully saturated rings. The van der Waals surface area contributed by atoms with Crippen LogP contribution >= 0.6 is 11.8 Å². The fourth-order valence-electron chi connectivity index (χ4n) is 3.28. The monoisotopic (exact) mass is 413 g/mol. The average molecular weight is 414 g/mol. The largest absolute Gasteiger partial charge is 0.497 e. The van der Waals surface area contributed by atoms with E-state index in [4.69, 9.17) is 9.84 Å². The van der Waals surface area contributed by atoms with Crippen molar-refractivity contribution in [2.75, 3.05) is 7.11 Å². The Morgan fingerprint density at radius 1 is 0.900 bits per heavy atom. The number of aromatic nitrogens is 5. The molecular weight excluding hydrogens is 394 g/mol. The second-order valence-corrected chi connectivity index (χ2v) is 7.65. The highest BCUT2D eigenvalue weighted by Crippen LogP contribution is 2.30. The van der Waals surface area contributed by atoms with Gasteiger partial charge >= 0.3 is 0 Å². The van der Waals surface area contributed by atoms with Crippen LogP contribution in [0.2, 0.25) is 0 Å². The van der Waals surface area contributed by atoms with Crippen LogP contribution in [0.5, 0.6) is 5.75 Å². The summed E-state index contributed by atoms with van der Waals surface area (Å²) in [6.45, 7) is 0. The molecule has 0 bridgehead atoms. The Labute approximate surface area is 178 Å². The Morgan fingerprint density at radius 3 is 2.50 bits per heavy atom. The van der Waals surface area contributed by atoms with Crippen LogP contribution in [0, 0.1) is 0 Å². The number of rotatable bonds is 6. The van der Waals surface area contributed by atoms with E-state index in [9.17, 15) is 0 Å². The highest BCUT2D eigenvalue weighted by Gasteiger charge is 2.15. The predicted octanol–water partition coefficient (Wildman–Crippen LogP) is 4.88. The summed E-state index contributed by atoms with van der Waals surface area (Å²) in [4.78, 5) is 0. The summed E-state index contributed by atoms with van der Waals surface area (Å²) in [5.74, 6) is 1.55. The van der Waals surface area contributed by atoms with E-state index in [0.717, 1.165) is 44.8 Å². The first-order valence-electron chi connectivity index (χ1n) is 9.53. The summed E-state index contributed by atoms with van der Waals surface area (Å²) >= 11 is 1.65. The SMILES string of the molecule is COc1ccc(-c2nn(-c3ccccc3)cc2CSc2nnc3ccccn23)cc1. The highest BCUT2D eigenvalue weighted by molar-refractivity contribution is 7.98. The molecule has 0 saturated heterocycles. The van der Waals surface area contributed by atoms with Crippen molar-refractivity contribution in [1.82, 2.24) is 24.4 Å². The van der Waals surface area contributed by atoms with Gasteiger partial charge in [0, 0.05) is 29.3 Å². The lowest BCUT2D eigenvalue weighted by Crippen LogP contribution is -1.94. The van der Waals surface area contributed by atoms with Crippen molar-refractivity contribution in [3.8, 4) is 22.7 Å². The van der Waals surface area contributed by atoms with Gasteiger partial charge in [0.25, 0.3) is 0 Å². The van der Waals surface area contributed by atoms with Gasteiger partial charge in [-0.2, -0.15) is 5.10 Å². The van der Waals surface area contributed by atoms with Crippen molar-refractivity contribution in [1.29, 1.82) is 0 Å². The summed E-state index contributed by atoms with van der Waals surface area (Å²) in [7, 11) is 1.67. The zero-order valence-corrected chi connectivity index (χ0v) is 17.2. The minimum absolute atomic E-state index is 0.726. The van der Waals surface area contributed by atoms with Crippen LogP contribution in [-0.4, -0.2) is 31.5 Å². The molecule has 5 rings (SSSR count). The van der Waals surface area contributed by atoms with E-state index < -0.39 is 0 Å². The third kappa shape index (κ3) is 3.55. The highest BCUT2D eigenvalue weighted by atomic mass is 32.2. The van der Waals surface area contributed by atoms with E-state index in [2.05, 4.69) is 16.4 Å². The number of hydrogen-bond donors (Lipinski definition) is 0. The summed E-state index contributed by atoms with van der Waals surface area (Å²) in [6, 6.07) is 24.0. The van der Waals surface area contributed by atoms with Crippen molar-refractivity contribution in [3.05, 3.63) is 90.8 Å². The molecule has 3 aromatic heterocycles. The molecule has 5 aromatic rings. The molecule has 0 aliphatic carbocycles. The maximum atomic E-state index is 5.30. The lowest BCUT2D eigenvalue weighted by atomic mass is 10.1. The van der Waals surface area contributed by atoms with Crippen molar-refractivity contribution in [2.24, 2.45) is 0 Å². The summed E-state index contributed by atoms with van der Waals surface area (Å²) in [6.07, 6.45) is 4.07. The number of para-hydroxylation sites is 1. The maximum Gasteiger partial charge on any atom is 0.195 e. The van der Waals surface area contributed by atoms with Gasteiger partial charge in [-0.15, -0.1) is 10.2 Å².